The first-order valence-electron chi connectivity index (χ1n) is 5.53. The maximum Gasteiger partial charge on any atom is 0.105 e. The Morgan fingerprint density at radius 3 is 2.71 bits per heavy atom. The lowest BCUT2D eigenvalue weighted by molar-refractivity contribution is 0.00429. The van der Waals surface area contributed by atoms with Gasteiger partial charge in [0.25, 0.3) is 0 Å². The smallest absolute Gasteiger partial charge is 0.105 e. The molecule has 2 aromatic rings. The second-order valence-electron chi connectivity index (χ2n) is 4.01. The van der Waals surface area contributed by atoms with Gasteiger partial charge >= 0.3 is 0 Å². The van der Waals surface area contributed by atoms with Crippen molar-refractivity contribution in [2.24, 2.45) is 0 Å². The van der Waals surface area contributed by atoms with E-state index < -0.39 is 12.2 Å². The molecule has 0 radical (unpaired) electrons. The molecule has 2 atom stereocenters. The second-order valence-corrected chi connectivity index (χ2v) is 4.01. The average Bonchev–Trinajstić information content (AvgIpc) is 2.37. The van der Waals surface area contributed by atoms with Gasteiger partial charge in [-0.3, -0.25) is 4.98 Å². The van der Waals surface area contributed by atoms with E-state index in [9.17, 15) is 10.2 Å². The number of aliphatic hydroxyl groups excluding tert-OH is 3. The van der Waals surface area contributed by atoms with Gasteiger partial charge in [0.2, 0.25) is 0 Å². The third kappa shape index (κ3) is 2.61. The van der Waals surface area contributed by atoms with Crippen LogP contribution in [0.25, 0.3) is 10.8 Å². The lowest BCUT2D eigenvalue weighted by Gasteiger charge is -2.17. The van der Waals surface area contributed by atoms with Crippen molar-refractivity contribution in [3.63, 3.8) is 0 Å². The summed E-state index contributed by atoms with van der Waals surface area (Å²) < 4.78 is 0. The van der Waals surface area contributed by atoms with Gasteiger partial charge in [-0.1, -0.05) is 12.1 Å². The molecule has 0 aliphatic rings. The first-order valence-corrected chi connectivity index (χ1v) is 5.53. The molecule has 1 heterocycles. The highest BCUT2D eigenvalue weighted by atomic mass is 16.3. The topological polar surface area (TPSA) is 73.6 Å². The fraction of sp³-hybridized carbons (Fsp3) is 0.308. The van der Waals surface area contributed by atoms with Gasteiger partial charge in [-0.05, 0) is 29.5 Å². The standard InChI is InChI=1S/C13H15NO3/c15-6-4-12(16)13(17)10-1-2-11-8-14-5-3-9(11)7-10/h1-3,5,7-8,12-13,15-17H,4,6H2. The number of aliphatic hydroxyl groups is 3. The molecular weight excluding hydrogens is 218 g/mol. The molecule has 0 aliphatic heterocycles. The van der Waals surface area contributed by atoms with Crippen LogP contribution < -0.4 is 0 Å². The van der Waals surface area contributed by atoms with Gasteiger partial charge in [0.05, 0.1) is 6.10 Å². The molecule has 2 rings (SSSR count). The Labute approximate surface area is 99.2 Å². The second kappa shape index (κ2) is 5.23. The molecule has 3 N–H and O–H groups in total. The van der Waals surface area contributed by atoms with E-state index in [4.69, 9.17) is 5.11 Å². The van der Waals surface area contributed by atoms with E-state index in [0.29, 0.717) is 5.56 Å². The minimum Gasteiger partial charge on any atom is -0.396 e. The van der Waals surface area contributed by atoms with Crippen LogP contribution >= 0.6 is 0 Å². The Morgan fingerprint density at radius 2 is 1.94 bits per heavy atom. The summed E-state index contributed by atoms with van der Waals surface area (Å²) >= 11 is 0. The van der Waals surface area contributed by atoms with Crippen molar-refractivity contribution in [3.05, 3.63) is 42.2 Å². The molecule has 0 fully saturated rings. The van der Waals surface area contributed by atoms with Gasteiger partial charge < -0.3 is 15.3 Å². The van der Waals surface area contributed by atoms with E-state index in [2.05, 4.69) is 4.98 Å². The number of fused-ring (bicyclic) bond motifs is 1. The monoisotopic (exact) mass is 233 g/mol. The molecule has 0 amide bonds. The molecule has 0 saturated carbocycles. The number of pyridine rings is 1. The summed E-state index contributed by atoms with van der Waals surface area (Å²) in [5.74, 6) is 0. The Morgan fingerprint density at radius 1 is 1.12 bits per heavy atom. The van der Waals surface area contributed by atoms with Crippen LogP contribution in [-0.2, 0) is 0 Å². The Bertz CT molecular complexity index is 501. The maximum absolute atomic E-state index is 9.90. The molecule has 0 bridgehead atoms. The molecule has 4 nitrogen and oxygen atoms in total. The Kier molecular flexibility index (Phi) is 3.68. The zero-order chi connectivity index (χ0) is 12.3. The van der Waals surface area contributed by atoms with E-state index in [-0.39, 0.29) is 13.0 Å². The lowest BCUT2D eigenvalue weighted by Crippen LogP contribution is -2.19. The van der Waals surface area contributed by atoms with E-state index in [1.807, 2.05) is 18.2 Å². The summed E-state index contributed by atoms with van der Waals surface area (Å²) in [4.78, 5) is 4.01. The fourth-order valence-corrected chi connectivity index (χ4v) is 1.80. The Hall–Kier alpha value is -1.49. The van der Waals surface area contributed by atoms with E-state index in [1.165, 1.54) is 0 Å². The highest BCUT2D eigenvalue weighted by Gasteiger charge is 2.17. The zero-order valence-electron chi connectivity index (χ0n) is 9.32. The molecule has 17 heavy (non-hydrogen) atoms. The Balaban J connectivity index is 2.29. The summed E-state index contributed by atoms with van der Waals surface area (Å²) in [5, 5.41) is 30.2. The van der Waals surface area contributed by atoms with Crippen LogP contribution in [0.1, 0.15) is 18.1 Å². The average molecular weight is 233 g/mol. The summed E-state index contributed by atoms with van der Waals surface area (Å²) in [6.45, 7) is -0.143. The van der Waals surface area contributed by atoms with E-state index in [1.54, 1.807) is 18.5 Å². The van der Waals surface area contributed by atoms with Gasteiger partial charge in [0.15, 0.2) is 0 Å². The van der Waals surface area contributed by atoms with Crippen molar-refractivity contribution in [1.29, 1.82) is 0 Å². The maximum atomic E-state index is 9.90. The highest BCUT2D eigenvalue weighted by Crippen LogP contribution is 2.23. The van der Waals surface area contributed by atoms with Gasteiger partial charge in [0.1, 0.15) is 6.10 Å². The molecular formula is C13H15NO3. The third-order valence-electron chi connectivity index (χ3n) is 2.80. The van der Waals surface area contributed by atoms with Crippen molar-refractivity contribution in [1.82, 2.24) is 4.98 Å². The predicted octanol–water partition coefficient (Wildman–Crippen LogP) is 1.01. The summed E-state index contributed by atoms with van der Waals surface area (Å²) in [5.41, 5.74) is 0.643. The van der Waals surface area contributed by atoms with Crippen LogP contribution in [0.5, 0.6) is 0 Å². The number of hydrogen-bond acceptors (Lipinski definition) is 4. The minimum atomic E-state index is -0.972. The molecule has 90 valence electrons. The molecule has 2 unspecified atom stereocenters. The molecule has 1 aromatic carbocycles. The lowest BCUT2D eigenvalue weighted by atomic mass is 10.00. The van der Waals surface area contributed by atoms with E-state index >= 15 is 0 Å². The van der Waals surface area contributed by atoms with Gasteiger partial charge in [-0.25, -0.2) is 0 Å². The van der Waals surface area contributed by atoms with Crippen LogP contribution in [-0.4, -0.2) is 33.0 Å². The number of benzene rings is 1. The molecule has 0 aliphatic carbocycles. The molecule has 1 aromatic heterocycles. The summed E-state index contributed by atoms with van der Waals surface area (Å²) in [6, 6.07) is 7.29. The van der Waals surface area contributed by atoms with Crippen LogP contribution in [0, 0.1) is 0 Å². The quantitative estimate of drug-likeness (QED) is 0.737. The highest BCUT2D eigenvalue weighted by molar-refractivity contribution is 5.82. The number of nitrogens with zero attached hydrogens (tertiary/aromatic N) is 1. The van der Waals surface area contributed by atoms with Crippen molar-refractivity contribution in [2.75, 3.05) is 6.61 Å². The summed E-state index contributed by atoms with van der Waals surface area (Å²) in [7, 11) is 0. The van der Waals surface area contributed by atoms with Gasteiger partial charge in [0, 0.05) is 24.4 Å². The molecule has 4 heteroatoms. The zero-order valence-corrected chi connectivity index (χ0v) is 9.32. The first-order chi connectivity index (χ1) is 8.22. The largest absolute Gasteiger partial charge is 0.396 e. The van der Waals surface area contributed by atoms with Crippen molar-refractivity contribution < 1.29 is 15.3 Å². The minimum absolute atomic E-state index is 0.143. The van der Waals surface area contributed by atoms with Crippen LogP contribution in [0.15, 0.2) is 36.7 Å². The number of aromatic nitrogens is 1. The number of rotatable bonds is 4. The predicted molar refractivity (Wildman–Crippen MR) is 64.4 cm³/mol. The molecule has 0 spiro atoms. The van der Waals surface area contributed by atoms with Crippen LogP contribution in [0.4, 0.5) is 0 Å². The SMILES string of the molecule is OCCC(O)C(O)c1ccc2cnccc2c1. The normalized spacial score (nSPS) is 14.8. The van der Waals surface area contributed by atoms with E-state index in [0.717, 1.165) is 10.8 Å². The van der Waals surface area contributed by atoms with Crippen LogP contribution in [0.2, 0.25) is 0 Å². The molecule has 0 saturated heterocycles. The van der Waals surface area contributed by atoms with Gasteiger partial charge in [-0.15, -0.1) is 0 Å². The summed E-state index contributed by atoms with van der Waals surface area (Å²) in [6.07, 6.45) is 1.67. The number of hydrogen-bond donors (Lipinski definition) is 3. The van der Waals surface area contributed by atoms with Crippen LogP contribution in [0.3, 0.4) is 0 Å². The fourth-order valence-electron chi connectivity index (χ4n) is 1.80. The third-order valence-corrected chi connectivity index (χ3v) is 2.80. The van der Waals surface area contributed by atoms with Crippen molar-refractivity contribution in [2.45, 2.75) is 18.6 Å². The van der Waals surface area contributed by atoms with Gasteiger partial charge in [-0.2, -0.15) is 0 Å². The van der Waals surface area contributed by atoms with Crippen molar-refractivity contribution >= 4 is 10.8 Å². The first kappa shape index (κ1) is 12.0. The van der Waals surface area contributed by atoms with Crippen molar-refractivity contribution in [3.8, 4) is 0 Å².